The lowest BCUT2D eigenvalue weighted by atomic mass is 10.2. The Morgan fingerprint density at radius 3 is 2.88 bits per heavy atom. The Labute approximate surface area is 98.9 Å². The van der Waals surface area contributed by atoms with Crippen LogP contribution in [0.25, 0.3) is 0 Å². The van der Waals surface area contributed by atoms with Crippen molar-refractivity contribution in [2.75, 3.05) is 13.1 Å². The summed E-state index contributed by atoms with van der Waals surface area (Å²) in [5.74, 6) is 0. The number of nitrogens with zero attached hydrogens (tertiary/aromatic N) is 1. The molecule has 16 heavy (non-hydrogen) atoms. The number of cyclic esters (lactones) is 1. The van der Waals surface area contributed by atoms with Gasteiger partial charge in [-0.25, -0.2) is 4.79 Å². The van der Waals surface area contributed by atoms with Crippen LogP contribution in [0, 0.1) is 0 Å². The van der Waals surface area contributed by atoms with E-state index in [-0.39, 0.29) is 12.2 Å². The molecule has 2 N–H and O–H groups in total. The van der Waals surface area contributed by atoms with Crippen molar-refractivity contribution in [2.24, 2.45) is 5.73 Å². The van der Waals surface area contributed by atoms with Crippen LogP contribution in [0.4, 0.5) is 4.79 Å². The highest BCUT2D eigenvalue weighted by Crippen LogP contribution is 2.20. The first kappa shape index (κ1) is 11.2. The summed E-state index contributed by atoms with van der Waals surface area (Å²) in [6.07, 6.45) is -0.523. The Balaban J connectivity index is 2.06. The number of benzene rings is 1. The van der Waals surface area contributed by atoms with Gasteiger partial charge in [0.1, 0.15) is 6.10 Å². The molecule has 1 saturated heterocycles. The molecule has 0 spiro atoms. The van der Waals surface area contributed by atoms with E-state index in [2.05, 4.69) is 0 Å². The molecule has 0 aromatic heterocycles. The van der Waals surface area contributed by atoms with Crippen LogP contribution in [-0.2, 0) is 11.3 Å². The number of amides is 1. The number of carbonyl (C=O) groups is 1. The zero-order chi connectivity index (χ0) is 11.5. The molecule has 1 heterocycles. The lowest BCUT2D eigenvalue weighted by Gasteiger charge is -2.13. The van der Waals surface area contributed by atoms with Crippen molar-refractivity contribution in [2.45, 2.75) is 12.6 Å². The van der Waals surface area contributed by atoms with Crippen molar-refractivity contribution in [3.05, 3.63) is 34.9 Å². The van der Waals surface area contributed by atoms with Crippen molar-refractivity contribution in [3.8, 4) is 0 Å². The standard InChI is InChI=1S/C11H13ClN2O2/c12-10-4-2-1-3-8(10)6-14-7-9(5-13)16-11(14)15/h1-4,9H,5-7,13H2/t9-/m0/s1. The zero-order valence-corrected chi connectivity index (χ0v) is 9.48. The maximum absolute atomic E-state index is 11.5. The Kier molecular flexibility index (Phi) is 3.31. The molecular formula is C11H13ClN2O2. The maximum atomic E-state index is 11.5. The predicted molar refractivity (Wildman–Crippen MR) is 61.2 cm³/mol. The third-order valence-electron chi connectivity index (χ3n) is 2.53. The van der Waals surface area contributed by atoms with Crippen LogP contribution in [0.5, 0.6) is 0 Å². The van der Waals surface area contributed by atoms with Crippen LogP contribution in [-0.4, -0.2) is 30.2 Å². The first-order valence-electron chi connectivity index (χ1n) is 5.09. The van der Waals surface area contributed by atoms with Gasteiger partial charge in [0.2, 0.25) is 0 Å². The fourth-order valence-electron chi connectivity index (χ4n) is 1.66. The molecule has 1 aliphatic rings. The lowest BCUT2D eigenvalue weighted by Crippen LogP contribution is -2.27. The highest BCUT2D eigenvalue weighted by Gasteiger charge is 2.30. The van der Waals surface area contributed by atoms with Gasteiger partial charge < -0.3 is 15.4 Å². The van der Waals surface area contributed by atoms with E-state index in [1.54, 1.807) is 11.0 Å². The average Bonchev–Trinajstić information content (AvgIpc) is 2.63. The van der Waals surface area contributed by atoms with E-state index in [1.165, 1.54) is 0 Å². The molecule has 5 heteroatoms. The van der Waals surface area contributed by atoms with Crippen LogP contribution < -0.4 is 5.73 Å². The number of carbonyl (C=O) groups excluding carboxylic acids is 1. The van der Waals surface area contributed by atoms with Crippen molar-refractivity contribution >= 4 is 17.7 Å². The van der Waals surface area contributed by atoms with E-state index < -0.39 is 0 Å². The highest BCUT2D eigenvalue weighted by molar-refractivity contribution is 6.31. The minimum absolute atomic E-state index is 0.199. The molecule has 1 aliphatic heterocycles. The molecule has 0 saturated carbocycles. The van der Waals surface area contributed by atoms with Crippen LogP contribution in [0.1, 0.15) is 5.56 Å². The summed E-state index contributed by atoms with van der Waals surface area (Å²) in [6.45, 7) is 1.35. The van der Waals surface area contributed by atoms with E-state index in [1.807, 2.05) is 18.2 Å². The molecule has 1 aromatic carbocycles. The third-order valence-corrected chi connectivity index (χ3v) is 2.90. The first-order valence-corrected chi connectivity index (χ1v) is 5.47. The van der Waals surface area contributed by atoms with E-state index in [0.29, 0.717) is 24.7 Å². The smallest absolute Gasteiger partial charge is 0.410 e. The molecule has 0 radical (unpaired) electrons. The number of hydrogen-bond donors (Lipinski definition) is 1. The van der Waals surface area contributed by atoms with E-state index in [9.17, 15) is 4.79 Å². The number of rotatable bonds is 3. The van der Waals surface area contributed by atoms with Gasteiger partial charge in [0, 0.05) is 11.6 Å². The highest BCUT2D eigenvalue weighted by atomic mass is 35.5. The van der Waals surface area contributed by atoms with Gasteiger partial charge in [-0.1, -0.05) is 29.8 Å². The van der Waals surface area contributed by atoms with Gasteiger partial charge in [-0.3, -0.25) is 0 Å². The number of hydrogen-bond acceptors (Lipinski definition) is 3. The molecule has 1 aromatic rings. The van der Waals surface area contributed by atoms with Gasteiger partial charge in [0.05, 0.1) is 13.1 Å². The number of ether oxygens (including phenoxy) is 1. The number of halogens is 1. The van der Waals surface area contributed by atoms with E-state index in [0.717, 1.165) is 5.56 Å². The Morgan fingerprint density at radius 1 is 1.50 bits per heavy atom. The van der Waals surface area contributed by atoms with E-state index in [4.69, 9.17) is 22.1 Å². The monoisotopic (exact) mass is 240 g/mol. The molecule has 4 nitrogen and oxygen atoms in total. The van der Waals surface area contributed by atoms with Crippen molar-refractivity contribution in [3.63, 3.8) is 0 Å². The molecule has 1 amide bonds. The lowest BCUT2D eigenvalue weighted by molar-refractivity contribution is 0.134. The van der Waals surface area contributed by atoms with Crippen LogP contribution in [0.15, 0.2) is 24.3 Å². The quantitative estimate of drug-likeness (QED) is 0.874. The molecule has 86 valence electrons. The van der Waals surface area contributed by atoms with Crippen molar-refractivity contribution < 1.29 is 9.53 Å². The second-order valence-corrected chi connectivity index (χ2v) is 4.12. The van der Waals surface area contributed by atoms with Crippen LogP contribution in [0.3, 0.4) is 0 Å². The molecule has 1 atom stereocenters. The van der Waals surface area contributed by atoms with Gasteiger partial charge in [0.15, 0.2) is 0 Å². The van der Waals surface area contributed by atoms with Crippen molar-refractivity contribution in [1.82, 2.24) is 4.90 Å². The minimum atomic E-state index is -0.324. The number of nitrogens with two attached hydrogens (primary N) is 1. The summed E-state index contributed by atoms with van der Waals surface area (Å²) in [4.78, 5) is 13.1. The summed E-state index contributed by atoms with van der Waals surface area (Å²) < 4.78 is 5.05. The fraction of sp³-hybridized carbons (Fsp3) is 0.364. The maximum Gasteiger partial charge on any atom is 0.410 e. The van der Waals surface area contributed by atoms with Crippen LogP contribution in [0.2, 0.25) is 5.02 Å². The molecule has 1 fully saturated rings. The topological polar surface area (TPSA) is 55.6 Å². The summed E-state index contributed by atoms with van der Waals surface area (Å²) in [6, 6.07) is 7.45. The van der Waals surface area contributed by atoms with Gasteiger partial charge in [-0.15, -0.1) is 0 Å². The minimum Gasteiger partial charge on any atom is -0.443 e. The second-order valence-electron chi connectivity index (χ2n) is 3.71. The van der Waals surface area contributed by atoms with Crippen molar-refractivity contribution in [1.29, 1.82) is 0 Å². The molecule has 0 bridgehead atoms. The second kappa shape index (κ2) is 4.72. The SMILES string of the molecule is NC[C@H]1CN(Cc2ccccc2Cl)C(=O)O1. The van der Waals surface area contributed by atoms with Gasteiger partial charge >= 0.3 is 6.09 Å². The summed E-state index contributed by atoms with van der Waals surface area (Å²) in [5.41, 5.74) is 6.37. The van der Waals surface area contributed by atoms with E-state index >= 15 is 0 Å². The predicted octanol–water partition coefficient (Wildman–Crippen LogP) is 1.62. The summed E-state index contributed by atoms with van der Waals surface area (Å²) >= 11 is 6.02. The van der Waals surface area contributed by atoms with Crippen LogP contribution >= 0.6 is 11.6 Å². The third kappa shape index (κ3) is 2.28. The Hall–Kier alpha value is -1.26. The Morgan fingerprint density at radius 2 is 2.25 bits per heavy atom. The fourth-order valence-corrected chi connectivity index (χ4v) is 1.85. The Bertz CT molecular complexity index is 397. The largest absolute Gasteiger partial charge is 0.443 e. The first-order chi connectivity index (χ1) is 7.70. The average molecular weight is 241 g/mol. The summed E-state index contributed by atoms with van der Waals surface area (Å²) in [5, 5.41) is 0.659. The van der Waals surface area contributed by atoms with Gasteiger partial charge in [0.25, 0.3) is 0 Å². The normalized spacial score (nSPS) is 20.0. The molecule has 0 aliphatic carbocycles. The van der Waals surface area contributed by atoms with Gasteiger partial charge in [-0.2, -0.15) is 0 Å². The summed E-state index contributed by atoms with van der Waals surface area (Å²) in [7, 11) is 0. The molecule has 0 unspecified atom stereocenters. The van der Waals surface area contributed by atoms with Gasteiger partial charge in [-0.05, 0) is 11.6 Å². The zero-order valence-electron chi connectivity index (χ0n) is 8.73. The molecule has 2 rings (SSSR count). The molecular weight excluding hydrogens is 228 g/mol.